The summed E-state index contributed by atoms with van der Waals surface area (Å²) >= 11 is 4.64. The molecule has 0 bridgehead atoms. The summed E-state index contributed by atoms with van der Waals surface area (Å²) in [6, 6.07) is 12.9. The normalized spacial score (nSPS) is 17.7. The third-order valence-electron chi connectivity index (χ3n) is 3.25. The van der Waals surface area contributed by atoms with E-state index in [2.05, 4.69) is 26.2 Å². The van der Waals surface area contributed by atoms with Crippen LogP contribution in [0.5, 0.6) is 5.75 Å². The molecule has 1 aliphatic rings. The molecule has 23 heavy (non-hydrogen) atoms. The van der Waals surface area contributed by atoms with Gasteiger partial charge in [0.1, 0.15) is 11.4 Å². The quantitative estimate of drug-likeness (QED) is 0.751. The lowest BCUT2D eigenvalue weighted by Gasteiger charge is -2.03. The van der Waals surface area contributed by atoms with Gasteiger partial charge in [-0.25, -0.2) is 4.99 Å². The fraction of sp³-hybridized carbons (Fsp3) is 0.0588. The average molecular weight is 389 g/mol. The number of aromatic hydroxyl groups is 1. The van der Waals surface area contributed by atoms with Gasteiger partial charge in [0.25, 0.3) is 5.91 Å². The molecule has 0 unspecified atom stereocenters. The highest BCUT2D eigenvalue weighted by Crippen LogP contribution is 2.33. The predicted molar refractivity (Wildman–Crippen MR) is 97.8 cm³/mol. The van der Waals surface area contributed by atoms with Crippen LogP contribution >= 0.6 is 27.7 Å². The summed E-state index contributed by atoms with van der Waals surface area (Å²) in [6.07, 6.45) is 1.81. The van der Waals surface area contributed by atoms with E-state index in [0.29, 0.717) is 15.8 Å². The first-order chi connectivity index (χ1) is 11.0. The number of amidine groups is 1. The number of benzene rings is 2. The van der Waals surface area contributed by atoms with Gasteiger partial charge < -0.3 is 10.4 Å². The largest absolute Gasteiger partial charge is 0.506 e. The van der Waals surface area contributed by atoms with E-state index < -0.39 is 0 Å². The van der Waals surface area contributed by atoms with E-state index >= 15 is 0 Å². The molecular weight excluding hydrogens is 376 g/mol. The van der Waals surface area contributed by atoms with E-state index in [1.54, 1.807) is 12.1 Å². The van der Waals surface area contributed by atoms with Gasteiger partial charge in [0.2, 0.25) is 0 Å². The number of hydrogen-bond acceptors (Lipinski definition) is 4. The number of carbonyl (C=O) groups is 1. The summed E-state index contributed by atoms with van der Waals surface area (Å²) in [6.45, 7) is 1.86. The third kappa shape index (κ3) is 3.65. The minimum Gasteiger partial charge on any atom is -0.506 e. The van der Waals surface area contributed by atoms with Gasteiger partial charge in [0.15, 0.2) is 5.17 Å². The van der Waals surface area contributed by atoms with Crippen LogP contribution < -0.4 is 5.32 Å². The third-order valence-corrected chi connectivity index (χ3v) is 4.69. The maximum absolute atomic E-state index is 12.1. The highest BCUT2D eigenvalue weighted by atomic mass is 79.9. The average Bonchev–Trinajstić information content (AvgIpc) is 2.85. The summed E-state index contributed by atoms with van der Waals surface area (Å²) in [7, 11) is 0. The van der Waals surface area contributed by atoms with Gasteiger partial charge in [-0.05, 0) is 54.1 Å². The number of hydrogen-bond donors (Lipinski definition) is 2. The first-order valence-electron chi connectivity index (χ1n) is 6.86. The molecule has 1 fully saturated rings. The van der Waals surface area contributed by atoms with Crippen LogP contribution in [0.2, 0.25) is 0 Å². The van der Waals surface area contributed by atoms with Crippen molar-refractivity contribution in [2.24, 2.45) is 4.99 Å². The van der Waals surface area contributed by atoms with Crippen molar-refractivity contribution in [3.63, 3.8) is 0 Å². The molecule has 4 nitrogen and oxygen atoms in total. The number of phenolic OH excluding ortho intramolecular Hbond substituents is 1. The van der Waals surface area contributed by atoms with Crippen LogP contribution in [0.4, 0.5) is 5.69 Å². The lowest BCUT2D eigenvalue weighted by atomic mass is 10.2. The van der Waals surface area contributed by atoms with Gasteiger partial charge in [-0.15, -0.1) is 0 Å². The summed E-state index contributed by atoms with van der Waals surface area (Å²) in [5.41, 5.74) is 2.25. The van der Waals surface area contributed by atoms with Crippen molar-refractivity contribution in [1.29, 1.82) is 0 Å². The number of para-hydroxylation sites is 1. The second-order valence-electron chi connectivity index (χ2n) is 4.98. The summed E-state index contributed by atoms with van der Waals surface area (Å²) in [5, 5.41) is 13.1. The number of aryl methyl sites for hydroxylation is 1. The lowest BCUT2D eigenvalue weighted by molar-refractivity contribution is -0.115. The molecule has 0 atom stereocenters. The number of nitrogens with zero attached hydrogens (tertiary/aromatic N) is 1. The standard InChI is InChI=1S/C17H13BrN2O2S/c1-10-3-2-4-13(21)15(10)19-17-20-16(22)14(23-17)9-11-5-7-12(18)8-6-11/h2-9,21H,1H3,(H,19,20,22)/b14-9-. The van der Waals surface area contributed by atoms with Crippen molar-refractivity contribution in [2.45, 2.75) is 6.92 Å². The Bertz CT molecular complexity index is 809. The molecule has 0 aromatic heterocycles. The zero-order chi connectivity index (χ0) is 16.4. The van der Waals surface area contributed by atoms with Crippen LogP contribution in [0.25, 0.3) is 6.08 Å². The highest BCUT2D eigenvalue weighted by molar-refractivity contribution is 9.10. The Balaban J connectivity index is 1.88. The molecule has 1 amide bonds. The van der Waals surface area contributed by atoms with E-state index in [1.165, 1.54) is 11.8 Å². The van der Waals surface area contributed by atoms with Crippen LogP contribution in [0.1, 0.15) is 11.1 Å². The van der Waals surface area contributed by atoms with E-state index in [4.69, 9.17) is 0 Å². The lowest BCUT2D eigenvalue weighted by Crippen LogP contribution is -2.19. The van der Waals surface area contributed by atoms with Gasteiger partial charge in [-0.3, -0.25) is 4.79 Å². The summed E-state index contributed by atoms with van der Waals surface area (Å²) in [5.74, 6) is -0.0950. The molecule has 6 heteroatoms. The number of carbonyl (C=O) groups excluding carboxylic acids is 1. The van der Waals surface area contributed by atoms with Crippen LogP contribution in [0, 0.1) is 6.92 Å². The van der Waals surface area contributed by atoms with Crippen molar-refractivity contribution in [2.75, 3.05) is 0 Å². The Labute approximate surface area is 146 Å². The number of thioether (sulfide) groups is 1. The molecule has 1 saturated heterocycles. The Morgan fingerprint density at radius 3 is 2.65 bits per heavy atom. The van der Waals surface area contributed by atoms with Crippen molar-refractivity contribution in [1.82, 2.24) is 5.32 Å². The van der Waals surface area contributed by atoms with Gasteiger partial charge >= 0.3 is 0 Å². The number of halogens is 1. The highest BCUT2D eigenvalue weighted by Gasteiger charge is 2.24. The minimum atomic E-state index is -0.190. The zero-order valence-electron chi connectivity index (χ0n) is 12.2. The maximum Gasteiger partial charge on any atom is 0.264 e. The number of phenols is 1. The smallest absolute Gasteiger partial charge is 0.264 e. The molecule has 3 rings (SSSR count). The van der Waals surface area contributed by atoms with E-state index in [9.17, 15) is 9.90 Å². The second kappa shape index (κ2) is 6.60. The first kappa shape index (κ1) is 15.8. The molecule has 2 aromatic carbocycles. The number of amides is 1. The van der Waals surface area contributed by atoms with Crippen molar-refractivity contribution in [3.8, 4) is 5.75 Å². The van der Waals surface area contributed by atoms with Crippen LogP contribution in [0.3, 0.4) is 0 Å². The van der Waals surface area contributed by atoms with Crippen molar-refractivity contribution in [3.05, 3.63) is 63.0 Å². The van der Waals surface area contributed by atoms with Gasteiger partial charge in [-0.2, -0.15) is 0 Å². The molecule has 0 saturated carbocycles. The second-order valence-corrected chi connectivity index (χ2v) is 6.92. The number of rotatable bonds is 2. The maximum atomic E-state index is 12.1. The van der Waals surface area contributed by atoms with E-state index in [1.807, 2.05) is 43.3 Å². The topological polar surface area (TPSA) is 61.7 Å². The Hall–Kier alpha value is -2.05. The predicted octanol–water partition coefficient (Wildman–Crippen LogP) is 4.35. The Morgan fingerprint density at radius 2 is 1.96 bits per heavy atom. The first-order valence-corrected chi connectivity index (χ1v) is 8.47. The molecule has 2 aromatic rings. The molecule has 1 heterocycles. The summed E-state index contributed by atoms with van der Waals surface area (Å²) in [4.78, 5) is 17.0. The van der Waals surface area contributed by atoms with Gasteiger partial charge in [-0.1, -0.05) is 40.2 Å². The number of nitrogens with one attached hydrogen (secondary N) is 1. The van der Waals surface area contributed by atoms with Gasteiger partial charge in [0, 0.05) is 4.47 Å². The van der Waals surface area contributed by atoms with Crippen LogP contribution in [-0.2, 0) is 4.79 Å². The van der Waals surface area contributed by atoms with Gasteiger partial charge in [0.05, 0.1) is 4.91 Å². The molecule has 1 aliphatic heterocycles. The molecule has 0 radical (unpaired) electrons. The van der Waals surface area contributed by atoms with E-state index in [0.717, 1.165) is 15.6 Å². The SMILES string of the molecule is Cc1cccc(O)c1N=C1NC(=O)/C(=C/c2ccc(Br)cc2)S1. The van der Waals surface area contributed by atoms with Crippen LogP contribution in [0.15, 0.2) is 56.8 Å². The molecule has 0 aliphatic carbocycles. The van der Waals surface area contributed by atoms with Crippen molar-refractivity contribution >= 4 is 50.5 Å². The fourth-order valence-corrected chi connectivity index (χ4v) is 3.17. The summed E-state index contributed by atoms with van der Waals surface area (Å²) < 4.78 is 0.987. The monoisotopic (exact) mass is 388 g/mol. The van der Waals surface area contributed by atoms with E-state index in [-0.39, 0.29) is 11.7 Å². The Morgan fingerprint density at radius 1 is 1.22 bits per heavy atom. The molecule has 2 N–H and O–H groups in total. The zero-order valence-corrected chi connectivity index (χ0v) is 14.6. The number of aliphatic imine (C=N–C) groups is 1. The molecular formula is C17H13BrN2O2S. The minimum absolute atomic E-state index is 0.0951. The molecule has 0 spiro atoms. The van der Waals surface area contributed by atoms with Crippen LogP contribution in [-0.4, -0.2) is 16.2 Å². The van der Waals surface area contributed by atoms with Crippen molar-refractivity contribution < 1.29 is 9.90 Å². The fourth-order valence-electron chi connectivity index (χ4n) is 2.08. The Kier molecular flexibility index (Phi) is 4.54. The molecule has 116 valence electrons.